The molecule has 3 aromatic rings. The third-order valence-electron chi connectivity index (χ3n) is 4.50. The van der Waals surface area contributed by atoms with Crippen LogP contribution >= 0.6 is 11.3 Å². The molecular weight excluding hydrogens is 340 g/mol. The molecular formula is C21H28N4S. The van der Waals surface area contributed by atoms with E-state index in [0.717, 1.165) is 18.8 Å². The number of hydrogen-bond donors (Lipinski definition) is 1. The molecule has 2 aromatic heterocycles. The minimum Gasteiger partial charge on any atom is -0.333 e. The maximum absolute atomic E-state index is 4.79. The topological polar surface area (TPSA) is 42.7 Å². The first-order valence-electron chi connectivity index (χ1n) is 9.08. The van der Waals surface area contributed by atoms with Crippen LogP contribution < -0.4 is 5.32 Å². The van der Waals surface area contributed by atoms with Gasteiger partial charge in [-0.1, -0.05) is 45.0 Å². The van der Waals surface area contributed by atoms with Crippen LogP contribution in [0.4, 0.5) is 0 Å². The quantitative estimate of drug-likeness (QED) is 0.677. The van der Waals surface area contributed by atoms with Gasteiger partial charge in [0.15, 0.2) is 0 Å². The summed E-state index contributed by atoms with van der Waals surface area (Å²) in [5.41, 5.74) is 3.89. The highest BCUT2D eigenvalue weighted by Crippen LogP contribution is 2.32. The molecule has 1 N–H and O–H groups in total. The Morgan fingerprint density at radius 2 is 1.92 bits per heavy atom. The largest absolute Gasteiger partial charge is 0.333 e. The molecule has 0 radical (unpaired) electrons. The lowest BCUT2D eigenvalue weighted by molar-refractivity contribution is 0.574. The second kappa shape index (κ2) is 7.72. The van der Waals surface area contributed by atoms with Crippen LogP contribution in [0.25, 0.3) is 0 Å². The van der Waals surface area contributed by atoms with Gasteiger partial charge in [0, 0.05) is 41.8 Å². The molecule has 1 aromatic carbocycles. The van der Waals surface area contributed by atoms with Crippen molar-refractivity contribution in [3.63, 3.8) is 0 Å². The van der Waals surface area contributed by atoms with Gasteiger partial charge < -0.3 is 9.88 Å². The number of imidazole rings is 1. The number of hydrogen-bond acceptors (Lipinski definition) is 4. The third-order valence-corrected chi connectivity index (χ3v) is 6.26. The maximum Gasteiger partial charge on any atom is 0.0985 e. The molecule has 4 nitrogen and oxygen atoms in total. The zero-order valence-corrected chi connectivity index (χ0v) is 17.1. The van der Waals surface area contributed by atoms with Gasteiger partial charge in [-0.3, -0.25) is 0 Å². The standard InChI is InChI=1S/C21H28N4S/c1-15(19-16(2)24-20(26-19)21(3,4)5)23-12-17-8-6-7-9-18(17)13-25-11-10-22-14-25/h6-11,14-15,23H,12-13H2,1-5H3. The monoisotopic (exact) mass is 368 g/mol. The fourth-order valence-electron chi connectivity index (χ4n) is 2.95. The van der Waals surface area contributed by atoms with Gasteiger partial charge in [-0.15, -0.1) is 11.3 Å². The first kappa shape index (κ1) is 18.8. The van der Waals surface area contributed by atoms with Crippen molar-refractivity contribution >= 4 is 11.3 Å². The van der Waals surface area contributed by atoms with E-state index in [1.807, 2.05) is 30.1 Å². The molecule has 0 bridgehead atoms. The molecule has 0 saturated heterocycles. The lowest BCUT2D eigenvalue weighted by Crippen LogP contribution is -2.19. The van der Waals surface area contributed by atoms with E-state index in [0.29, 0.717) is 0 Å². The van der Waals surface area contributed by atoms with Crippen LogP contribution in [0.1, 0.15) is 60.4 Å². The van der Waals surface area contributed by atoms with Gasteiger partial charge >= 0.3 is 0 Å². The van der Waals surface area contributed by atoms with Crippen molar-refractivity contribution in [2.45, 2.75) is 59.2 Å². The summed E-state index contributed by atoms with van der Waals surface area (Å²) in [4.78, 5) is 10.3. The van der Waals surface area contributed by atoms with E-state index >= 15 is 0 Å². The van der Waals surface area contributed by atoms with Crippen LogP contribution in [0, 0.1) is 6.92 Å². The average Bonchev–Trinajstić information content (AvgIpc) is 3.23. The molecule has 138 valence electrons. The van der Waals surface area contributed by atoms with Crippen molar-refractivity contribution in [3.05, 3.63) is 69.7 Å². The van der Waals surface area contributed by atoms with E-state index in [9.17, 15) is 0 Å². The molecule has 3 rings (SSSR count). The number of benzene rings is 1. The van der Waals surface area contributed by atoms with E-state index in [1.165, 1.54) is 21.0 Å². The van der Waals surface area contributed by atoms with Crippen molar-refractivity contribution in [1.29, 1.82) is 0 Å². The van der Waals surface area contributed by atoms with Crippen LogP contribution in [0.15, 0.2) is 43.0 Å². The summed E-state index contributed by atoms with van der Waals surface area (Å²) in [6.07, 6.45) is 5.69. The second-order valence-electron chi connectivity index (χ2n) is 7.82. The maximum atomic E-state index is 4.79. The van der Waals surface area contributed by atoms with E-state index in [2.05, 4.69) is 73.8 Å². The van der Waals surface area contributed by atoms with E-state index in [4.69, 9.17) is 4.98 Å². The summed E-state index contributed by atoms with van der Waals surface area (Å²) in [6.45, 7) is 12.7. The Balaban J connectivity index is 1.70. The lowest BCUT2D eigenvalue weighted by atomic mass is 9.98. The average molecular weight is 369 g/mol. The Kier molecular flexibility index (Phi) is 5.58. The normalized spacial score (nSPS) is 13.1. The summed E-state index contributed by atoms with van der Waals surface area (Å²) >= 11 is 1.83. The predicted octanol–water partition coefficient (Wildman–Crippen LogP) is 4.84. The predicted molar refractivity (Wildman–Crippen MR) is 109 cm³/mol. The van der Waals surface area contributed by atoms with Crippen molar-refractivity contribution in [3.8, 4) is 0 Å². The molecule has 0 aliphatic heterocycles. The molecule has 26 heavy (non-hydrogen) atoms. The zero-order valence-electron chi connectivity index (χ0n) is 16.3. The van der Waals surface area contributed by atoms with Gasteiger partial charge in [-0.05, 0) is 25.0 Å². The fourth-order valence-corrected chi connectivity index (χ4v) is 4.10. The van der Waals surface area contributed by atoms with E-state index in [-0.39, 0.29) is 11.5 Å². The lowest BCUT2D eigenvalue weighted by Gasteiger charge is -2.16. The van der Waals surface area contributed by atoms with Crippen LogP contribution in [-0.2, 0) is 18.5 Å². The molecule has 1 unspecified atom stereocenters. The van der Waals surface area contributed by atoms with Crippen LogP contribution in [0.5, 0.6) is 0 Å². The molecule has 0 saturated carbocycles. The number of aromatic nitrogens is 3. The Bertz CT molecular complexity index is 843. The third kappa shape index (κ3) is 4.40. The summed E-state index contributed by atoms with van der Waals surface area (Å²) in [7, 11) is 0. The zero-order chi connectivity index (χ0) is 18.7. The molecule has 0 amide bonds. The number of rotatable bonds is 6. The minimum atomic E-state index is 0.102. The Hall–Kier alpha value is -1.98. The molecule has 0 aliphatic rings. The number of nitrogens with zero attached hydrogens (tertiary/aromatic N) is 3. The SMILES string of the molecule is Cc1nc(C(C)(C)C)sc1C(C)NCc1ccccc1Cn1ccnc1. The Morgan fingerprint density at radius 1 is 1.19 bits per heavy atom. The van der Waals surface area contributed by atoms with Crippen molar-refractivity contribution in [2.24, 2.45) is 0 Å². The molecule has 5 heteroatoms. The molecule has 0 spiro atoms. The highest BCUT2D eigenvalue weighted by atomic mass is 32.1. The van der Waals surface area contributed by atoms with Gasteiger partial charge in [-0.2, -0.15) is 0 Å². The first-order chi connectivity index (χ1) is 12.3. The van der Waals surface area contributed by atoms with Crippen molar-refractivity contribution in [1.82, 2.24) is 19.9 Å². The van der Waals surface area contributed by atoms with Gasteiger partial charge in [0.1, 0.15) is 0 Å². The van der Waals surface area contributed by atoms with Gasteiger partial charge in [-0.25, -0.2) is 9.97 Å². The Morgan fingerprint density at radius 3 is 2.54 bits per heavy atom. The van der Waals surface area contributed by atoms with Crippen LogP contribution in [0.2, 0.25) is 0 Å². The first-order valence-corrected chi connectivity index (χ1v) is 9.90. The van der Waals surface area contributed by atoms with Gasteiger partial charge in [0.25, 0.3) is 0 Å². The summed E-state index contributed by atoms with van der Waals surface area (Å²) in [5.74, 6) is 0. The van der Waals surface area contributed by atoms with Crippen LogP contribution in [0.3, 0.4) is 0 Å². The van der Waals surface area contributed by atoms with E-state index in [1.54, 1.807) is 0 Å². The highest BCUT2D eigenvalue weighted by Gasteiger charge is 2.22. The molecule has 2 heterocycles. The van der Waals surface area contributed by atoms with Crippen molar-refractivity contribution < 1.29 is 0 Å². The van der Waals surface area contributed by atoms with Gasteiger partial charge in [0.2, 0.25) is 0 Å². The number of thiazole rings is 1. The van der Waals surface area contributed by atoms with Gasteiger partial charge in [0.05, 0.1) is 17.0 Å². The fraction of sp³-hybridized carbons (Fsp3) is 0.429. The summed E-state index contributed by atoms with van der Waals surface area (Å²) in [5, 5.41) is 4.89. The van der Waals surface area contributed by atoms with E-state index < -0.39 is 0 Å². The Labute approximate surface area is 160 Å². The smallest absolute Gasteiger partial charge is 0.0985 e. The minimum absolute atomic E-state index is 0.102. The van der Waals surface area contributed by atoms with Crippen LogP contribution in [-0.4, -0.2) is 14.5 Å². The molecule has 0 aliphatic carbocycles. The highest BCUT2D eigenvalue weighted by molar-refractivity contribution is 7.12. The number of aryl methyl sites for hydroxylation is 1. The summed E-state index contributed by atoms with van der Waals surface area (Å²) < 4.78 is 2.10. The number of nitrogens with one attached hydrogen (secondary N) is 1. The van der Waals surface area contributed by atoms with Crippen molar-refractivity contribution in [2.75, 3.05) is 0 Å². The second-order valence-corrected chi connectivity index (χ2v) is 8.86. The molecule has 0 fully saturated rings. The molecule has 1 atom stereocenters. The summed E-state index contributed by atoms with van der Waals surface area (Å²) in [6, 6.07) is 8.88.